The van der Waals surface area contributed by atoms with Gasteiger partial charge in [0.15, 0.2) is 6.61 Å². The molecular formula is C19H20N4O4S. The Morgan fingerprint density at radius 3 is 2.93 bits per heavy atom. The van der Waals surface area contributed by atoms with Crippen molar-refractivity contribution in [2.45, 2.75) is 32.6 Å². The molecule has 1 aliphatic rings. The first kappa shape index (κ1) is 18.4. The number of nitrogens with zero attached hydrogens (tertiary/aromatic N) is 3. The molecule has 28 heavy (non-hydrogen) atoms. The Hall–Kier alpha value is -2.94. The molecule has 0 saturated heterocycles. The van der Waals surface area contributed by atoms with Gasteiger partial charge in [-0.15, -0.1) is 16.4 Å². The highest BCUT2D eigenvalue weighted by molar-refractivity contribution is 7.17. The summed E-state index contributed by atoms with van der Waals surface area (Å²) in [7, 11) is 0. The number of anilines is 1. The highest BCUT2D eigenvalue weighted by Gasteiger charge is 2.27. The third-order valence-corrected chi connectivity index (χ3v) is 5.75. The van der Waals surface area contributed by atoms with Gasteiger partial charge in [-0.05, 0) is 55.5 Å². The average Bonchev–Trinajstić information content (AvgIpc) is 3.27. The molecule has 0 atom stereocenters. The van der Waals surface area contributed by atoms with Gasteiger partial charge in [-0.3, -0.25) is 4.79 Å². The van der Waals surface area contributed by atoms with E-state index in [9.17, 15) is 9.59 Å². The molecule has 9 heteroatoms. The fourth-order valence-corrected chi connectivity index (χ4v) is 4.59. The minimum absolute atomic E-state index is 0.252. The number of carbonyl (C=O) groups is 2. The van der Waals surface area contributed by atoms with Crippen LogP contribution in [0.5, 0.6) is 0 Å². The quantitative estimate of drug-likeness (QED) is 0.639. The number of para-hydroxylation sites is 1. The molecule has 0 unspecified atom stereocenters. The second-order valence-corrected chi connectivity index (χ2v) is 7.51. The van der Waals surface area contributed by atoms with Crippen molar-refractivity contribution in [2.24, 2.45) is 0 Å². The van der Waals surface area contributed by atoms with Gasteiger partial charge >= 0.3 is 5.97 Å². The number of thiophene rings is 1. The van der Waals surface area contributed by atoms with E-state index in [1.165, 1.54) is 16.2 Å². The summed E-state index contributed by atoms with van der Waals surface area (Å²) in [5.41, 5.74) is 2.85. The predicted molar refractivity (Wildman–Crippen MR) is 105 cm³/mol. The zero-order valence-electron chi connectivity index (χ0n) is 15.4. The van der Waals surface area contributed by atoms with Crippen LogP contribution in [0.4, 0.5) is 5.00 Å². The van der Waals surface area contributed by atoms with Gasteiger partial charge in [-0.2, -0.15) is 0 Å². The van der Waals surface area contributed by atoms with Gasteiger partial charge in [-0.25, -0.2) is 4.79 Å². The van der Waals surface area contributed by atoms with Crippen LogP contribution >= 0.6 is 11.3 Å². The van der Waals surface area contributed by atoms with Crippen molar-refractivity contribution >= 4 is 39.2 Å². The van der Waals surface area contributed by atoms with Gasteiger partial charge in [0.05, 0.1) is 12.2 Å². The Morgan fingerprint density at radius 2 is 2.07 bits per heavy atom. The molecule has 0 aliphatic heterocycles. The van der Waals surface area contributed by atoms with E-state index in [0.717, 1.165) is 36.1 Å². The lowest BCUT2D eigenvalue weighted by atomic mass is 9.95. The van der Waals surface area contributed by atoms with Crippen LogP contribution in [0.1, 0.15) is 40.6 Å². The lowest BCUT2D eigenvalue weighted by Gasteiger charge is -2.12. The molecule has 1 N–H and O–H groups in total. The van der Waals surface area contributed by atoms with E-state index >= 15 is 0 Å². The van der Waals surface area contributed by atoms with Crippen molar-refractivity contribution in [1.29, 1.82) is 0 Å². The van der Waals surface area contributed by atoms with Gasteiger partial charge in [0.25, 0.3) is 5.91 Å². The number of hydrogen-bond donors (Lipinski definition) is 1. The van der Waals surface area contributed by atoms with Crippen LogP contribution in [0.25, 0.3) is 11.0 Å². The molecule has 2 heterocycles. The topological polar surface area (TPSA) is 95.3 Å². The van der Waals surface area contributed by atoms with E-state index < -0.39 is 0 Å². The Morgan fingerprint density at radius 1 is 1.25 bits per heavy atom. The van der Waals surface area contributed by atoms with Gasteiger partial charge in [-0.1, -0.05) is 17.0 Å². The molecule has 1 aliphatic carbocycles. The molecule has 1 amide bonds. The van der Waals surface area contributed by atoms with Crippen LogP contribution in [0.2, 0.25) is 0 Å². The normalized spacial score (nSPS) is 13.2. The second-order valence-electron chi connectivity index (χ2n) is 6.41. The van der Waals surface area contributed by atoms with Gasteiger partial charge in [0.1, 0.15) is 16.0 Å². The fourth-order valence-electron chi connectivity index (χ4n) is 3.30. The number of rotatable bonds is 6. The number of esters is 1. The van der Waals surface area contributed by atoms with Crippen LogP contribution in [0, 0.1) is 0 Å². The Labute approximate surface area is 165 Å². The highest BCUT2D eigenvalue weighted by Crippen LogP contribution is 2.38. The number of benzene rings is 1. The Balaban J connectivity index is 1.49. The predicted octanol–water partition coefficient (Wildman–Crippen LogP) is 2.62. The standard InChI is InChI=1S/C19H20N4O4S/c1-2-26-19(25)17-12-7-3-6-10-15(12)28-18(17)20-16(24)11-27-23-14-9-5-4-8-13(14)21-22-23/h4-5,8-9H,2-3,6-7,10-11H2,1H3,(H,20,24). The molecule has 2 aromatic heterocycles. The summed E-state index contributed by atoms with van der Waals surface area (Å²) in [6.45, 7) is 1.81. The summed E-state index contributed by atoms with van der Waals surface area (Å²) in [4.78, 5) is 32.7. The van der Waals surface area contributed by atoms with Gasteiger partial charge in [0.2, 0.25) is 0 Å². The molecule has 8 nitrogen and oxygen atoms in total. The largest absolute Gasteiger partial charge is 0.462 e. The van der Waals surface area contributed by atoms with E-state index in [1.807, 2.05) is 18.2 Å². The summed E-state index contributed by atoms with van der Waals surface area (Å²) < 4.78 is 5.20. The van der Waals surface area contributed by atoms with Crippen LogP contribution in [-0.4, -0.2) is 40.2 Å². The number of amides is 1. The van der Waals surface area contributed by atoms with Crippen molar-refractivity contribution in [3.63, 3.8) is 0 Å². The molecule has 146 valence electrons. The first-order valence-electron chi connectivity index (χ1n) is 9.22. The molecule has 0 radical (unpaired) electrons. The average molecular weight is 400 g/mol. The number of aryl methyl sites for hydroxylation is 1. The lowest BCUT2D eigenvalue weighted by molar-refractivity contribution is -0.121. The molecule has 0 fully saturated rings. The molecular weight excluding hydrogens is 380 g/mol. The maximum Gasteiger partial charge on any atom is 0.341 e. The van der Waals surface area contributed by atoms with Gasteiger partial charge in [0, 0.05) is 4.88 Å². The number of fused-ring (bicyclic) bond motifs is 2. The third kappa shape index (κ3) is 3.57. The van der Waals surface area contributed by atoms with E-state index in [-0.39, 0.29) is 18.5 Å². The fraction of sp³-hybridized carbons (Fsp3) is 0.368. The minimum atomic E-state index is -0.389. The van der Waals surface area contributed by atoms with E-state index in [2.05, 4.69) is 15.6 Å². The van der Waals surface area contributed by atoms with Crippen LogP contribution in [-0.2, 0) is 22.4 Å². The number of hydrogen-bond acceptors (Lipinski definition) is 7. The number of carbonyl (C=O) groups excluding carboxylic acids is 2. The Kier molecular flexibility index (Phi) is 5.25. The number of nitrogens with one attached hydrogen (secondary N) is 1. The zero-order chi connectivity index (χ0) is 19.5. The van der Waals surface area contributed by atoms with E-state index in [0.29, 0.717) is 28.2 Å². The first-order valence-corrected chi connectivity index (χ1v) is 10.0. The number of aromatic nitrogens is 3. The first-order chi connectivity index (χ1) is 13.7. The van der Waals surface area contributed by atoms with Crippen molar-refractivity contribution in [2.75, 3.05) is 18.5 Å². The summed E-state index contributed by atoms with van der Waals surface area (Å²) in [6.07, 6.45) is 3.87. The van der Waals surface area contributed by atoms with Crippen molar-refractivity contribution in [3.8, 4) is 0 Å². The molecule has 0 saturated carbocycles. The van der Waals surface area contributed by atoms with Gasteiger partial charge < -0.3 is 14.9 Å². The smallest absolute Gasteiger partial charge is 0.341 e. The maximum absolute atomic E-state index is 12.5. The van der Waals surface area contributed by atoms with E-state index in [1.54, 1.807) is 13.0 Å². The molecule has 1 aromatic carbocycles. The van der Waals surface area contributed by atoms with Crippen LogP contribution in [0.3, 0.4) is 0 Å². The summed E-state index contributed by atoms with van der Waals surface area (Å²) >= 11 is 1.45. The molecule has 0 spiro atoms. The second kappa shape index (κ2) is 7.97. The van der Waals surface area contributed by atoms with Crippen molar-refractivity contribution in [3.05, 3.63) is 40.3 Å². The minimum Gasteiger partial charge on any atom is -0.462 e. The summed E-state index contributed by atoms with van der Waals surface area (Å²) in [6, 6.07) is 7.31. The SMILES string of the molecule is CCOC(=O)c1c(NC(=O)COn2nnc3ccccc32)sc2c1CCCC2. The Bertz CT molecular complexity index is 1030. The summed E-state index contributed by atoms with van der Waals surface area (Å²) in [5, 5.41) is 11.2. The lowest BCUT2D eigenvalue weighted by Crippen LogP contribution is -2.26. The monoisotopic (exact) mass is 400 g/mol. The van der Waals surface area contributed by atoms with Crippen LogP contribution < -0.4 is 10.2 Å². The maximum atomic E-state index is 12.5. The van der Waals surface area contributed by atoms with E-state index in [4.69, 9.17) is 9.57 Å². The highest BCUT2D eigenvalue weighted by atomic mass is 32.1. The van der Waals surface area contributed by atoms with Crippen molar-refractivity contribution < 1.29 is 19.2 Å². The molecule has 4 rings (SSSR count). The number of ether oxygens (including phenoxy) is 1. The van der Waals surface area contributed by atoms with Crippen LogP contribution in [0.15, 0.2) is 24.3 Å². The molecule has 0 bridgehead atoms. The third-order valence-electron chi connectivity index (χ3n) is 4.54. The summed E-state index contributed by atoms with van der Waals surface area (Å²) in [5.74, 6) is -0.760. The van der Waals surface area contributed by atoms with Crippen molar-refractivity contribution in [1.82, 2.24) is 15.2 Å². The zero-order valence-corrected chi connectivity index (χ0v) is 16.3. The molecule has 3 aromatic rings.